The van der Waals surface area contributed by atoms with Crippen LogP contribution in [0.2, 0.25) is 0 Å². The summed E-state index contributed by atoms with van der Waals surface area (Å²) in [6.45, 7) is 1.97. The van der Waals surface area contributed by atoms with E-state index in [1.807, 2.05) is 31.2 Å². The summed E-state index contributed by atoms with van der Waals surface area (Å²) in [6.07, 6.45) is 6.29. The quantitative estimate of drug-likeness (QED) is 0.318. The van der Waals surface area contributed by atoms with Crippen molar-refractivity contribution in [2.75, 3.05) is 0 Å². The average Bonchev–Trinajstić information content (AvgIpc) is 2.26. The number of allylic oxidation sites excluding steroid dienone is 2. The number of esters is 1. The van der Waals surface area contributed by atoms with E-state index in [0.29, 0.717) is 12.2 Å². The number of benzene rings is 1. The van der Waals surface area contributed by atoms with Crippen LogP contribution in [-0.2, 0) is 4.79 Å². The van der Waals surface area contributed by atoms with E-state index < -0.39 is 0 Å². The minimum Gasteiger partial charge on any atom is -0.427 e. The normalized spacial score (nSPS) is 10.5. The van der Waals surface area contributed by atoms with Gasteiger partial charge in [0.05, 0.1) is 0 Å². The molecule has 80 valence electrons. The molecule has 1 aromatic rings. The second kappa shape index (κ2) is 6.82. The van der Waals surface area contributed by atoms with Crippen molar-refractivity contribution in [3.63, 3.8) is 0 Å². The predicted molar refractivity (Wildman–Crippen MR) is 60.7 cm³/mol. The molecule has 1 aromatic carbocycles. The van der Waals surface area contributed by atoms with E-state index in [2.05, 4.69) is 6.08 Å². The number of para-hydroxylation sites is 1. The average molecular weight is 204 g/mol. The summed E-state index contributed by atoms with van der Waals surface area (Å²) in [4.78, 5) is 11.3. The maximum Gasteiger partial charge on any atom is 0.311 e. The van der Waals surface area contributed by atoms with Gasteiger partial charge in [0.25, 0.3) is 0 Å². The lowest BCUT2D eigenvalue weighted by Gasteiger charge is -2.02. The molecule has 0 amide bonds. The fraction of sp³-hybridized carbons (Fsp3) is 0.308. The van der Waals surface area contributed by atoms with Crippen molar-refractivity contribution < 1.29 is 9.53 Å². The third kappa shape index (κ3) is 5.01. The van der Waals surface area contributed by atoms with E-state index in [1.165, 1.54) is 0 Å². The first kappa shape index (κ1) is 11.5. The lowest BCUT2D eigenvalue weighted by atomic mass is 10.2. The number of carbonyl (C=O) groups excluding carboxylic acids is 1. The predicted octanol–water partition coefficient (Wildman–Crippen LogP) is 3.34. The van der Waals surface area contributed by atoms with E-state index in [9.17, 15) is 4.79 Å². The Morgan fingerprint density at radius 2 is 2.07 bits per heavy atom. The Hall–Kier alpha value is -1.57. The van der Waals surface area contributed by atoms with Crippen molar-refractivity contribution in [3.05, 3.63) is 42.5 Å². The number of ether oxygens (including phenoxy) is 1. The van der Waals surface area contributed by atoms with Gasteiger partial charge in [-0.05, 0) is 31.9 Å². The van der Waals surface area contributed by atoms with Crippen LogP contribution in [0, 0.1) is 0 Å². The van der Waals surface area contributed by atoms with Crippen molar-refractivity contribution in [1.82, 2.24) is 0 Å². The van der Waals surface area contributed by atoms with E-state index in [1.54, 1.807) is 12.1 Å². The van der Waals surface area contributed by atoms with Crippen molar-refractivity contribution in [3.8, 4) is 5.75 Å². The van der Waals surface area contributed by atoms with Crippen LogP contribution in [0.1, 0.15) is 26.2 Å². The highest BCUT2D eigenvalue weighted by atomic mass is 16.5. The van der Waals surface area contributed by atoms with Gasteiger partial charge in [-0.3, -0.25) is 4.79 Å². The molecule has 0 N–H and O–H groups in total. The van der Waals surface area contributed by atoms with Gasteiger partial charge < -0.3 is 4.74 Å². The summed E-state index contributed by atoms with van der Waals surface area (Å²) >= 11 is 0. The number of carbonyl (C=O) groups is 1. The standard InChI is InChI=1S/C13H16O2/c1-2-3-4-8-11-13(14)15-12-9-6-5-7-10-12/h2-3,5-7,9-10H,4,8,11H2,1H3. The lowest BCUT2D eigenvalue weighted by molar-refractivity contribution is -0.134. The summed E-state index contributed by atoms with van der Waals surface area (Å²) in [5.41, 5.74) is 0. The maximum atomic E-state index is 11.3. The highest BCUT2D eigenvalue weighted by Crippen LogP contribution is 2.10. The Kier molecular flexibility index (Phi) is 5.23. The summed E-state index contributed by atoms with van der Waals surface area (Å²) in [7, 11) is 0. The minimum absolute atomic E-state index is 0.161. The molecule has 0 saturated carbocycles. The molecule has 2 heteroatoms. The van der Waals surface area contributed by atoms with E-state index >= 15 is 0 Å². The Labute approximate surface area is 90.6 Å². The van der Waals surface area contributed by atoms with Gasteiger partial charge in [0.15, 0.2) is 0 Å². The first-order valence-electron chi connectivity index (χ1n) is 5.20. The summed E-state index contributed by atoms with van der Waals surface area (Å²) in [6, 6.07) is 9.15. The van der Waals surface area contributed by atoms with Crippen LogP contribution in [0.15, 0.2) is 42.5 Å². The van der Waals surface area contributed by atoms with Gasteiger partial charge in [-0.25, -0.2) is 0 Å². The Morgan fingerprint density at radius 1 is 1.33 bits per heavy atom. The first-order valence-corrected chi connectivity index (χ1v) is 5.20. The molecule has 15 heavy (non-hydrogen) atoms. The largest absolute Gasteiger partial charge is 0.427 e. The SMILES string of the molecule is CC=CCCCC(=O)Oc1ccccc1. The zero-order chi connectivity index (χ0) is 10.9. The smallest absolute Gasteiger partial charge is 0.311 e. The second-order valence-corrected chi connectivity index (χ2v) is 3.25. The highest BCUT2D eigenvalue weighted by molar-refractivity contribution is 5.72. The molecule has 0 aliphatic carbocycles. The van der Waals surface area contributed by atoms with Gasteiger partial charge in [-0.15, -0.1) is 0 Å². The summed E-state index contributed by atoms with van der Waals surface area (Å²) in [5.74, 6) is 0.458. The van der Waals surface area contributed by atoms with Gasteiger partial charge in [-0.2, -0.15) is 0 Å². The molecule has 0 spiro atoms. The summed E-state index contributed by atoms with van der Waals surface area (Å²) < 4.78 is 5.13. The molecule has 0 aromatic heterocycles. The van der Waals surface area contributed by atoms with E-state index in [0.717, 1.165) is 12.8 Å². The number of unbranched alkanes of at least 4 members (excludes halogenated alkanes) is 1. The van der Waals surface area contributed by atoms with Crippen molar-refractivity contribution in [2.45, 2.75) is 26.2 Å². The molecule has 0 atom stereocenters. The molecule has 0 radical (unpaired) electrons. The molecular formula is C13H16O2. The van der Waals surface area contributed by atoms with Crippen LogP contribution < -0.4 is 4.74 Å². The zero-order valence-corrected chi connectivity index (χ0v) is 8.98. The van der Waals surface area contributed by atoms with E-state index in [4.69, 9.17) is 4.74 Å². The number of hydrogen-bond donors (Lipinski definition) is 0. The fourth-order valence-electron chi connectivity index (χ4n) is 1.20. The van der Waals surface area contributed by atoms with Crippen LogP contribution in [0.3, 0.4) is 0 Å². The van der Waals surface area contributed by atoms with Crippen LogP contribution in [0.4, 0.5) is 0 Å². The fourth-order valence-corrected chi connectivity index (χ4v) is 1.20. The Morgan fingerprint density at radius 3 is 2.73 bits per heavy atom. The summed E-state index contributed by atoms with van der Waals surface area (Å²) in [5, 5.41) is 0. The first-order chi connectivity index (χ1) is 7.33. The van der Waals surface area contributed by atoms with Crippen LogP contribution in [0.25, 0.3) is 0 Å². The van der Waals surface area contributed by atoms with Gasteiger partial charge in [0, 0.05) is 6.42 Å². The molecular weight excluding hydrogens is 188 g/mol. The molecule has 0 unspecified atom stereocenters. The molecule has 0 aliphatic rings. The Balaban J connectivity index is 2.25. The zero-order valence-electron chi connectivity index (χ0n) is 8.98. The minimum atomic E-state index is -0.161. The van der Waals surface area contributed by atoms with Gasteiger partial charge in [-0.1, -0.05) is 30.4 Å². The maximum absolute atomic E-state index is 11.3. The van der Waals surface area contributed by atoms with Crippen LogP contribution in [-0.4, -0.2) is 5.97 Å². The third-order valence-corrected chi connectivity index (χ3v) is 1.96. The van der Waals surface area contributed by atoms with Crippen molar-refractivity contribution >= 4 is 5.97 Å². The van der Waals surface area contributed by atoms with Gasteiger partial charge >= 0.3 is 5.97 Å². The Bertz CT molecular complexity index is 315. The van der Waals surface area contributed by atoms with Gasteiger partial charge in [0.1, 0.15) is 5.75 Å². The topological polar surface area (TPSA) is 26.3 Å². The molecule has 0 heterocycles. The van der Waals surface area contributed by atoms with E-state index in [-0.39, 0.29) is 5.97 Å². The lowest BCUT2D eigenvalue weighted by Crippen LogP contribution is -2.06. The molecule has 1 rings (SSSR count). The number of rotatable bonds is 5. The second-order valence-electron chi connectivity index (χ2n) is 3.25. The molecule has 0 saturated heterocycles. The van der Waals surface area contributed by atoms with Gasteiger partial charge in [0.2, 0.25) is 0 Å². The van der Waals surface area contributed by atoms with Crippen molar-refractivity contribution in [1.29, 1.82) is 0 Å². The van der Waals surface area contributed by atoms with Crippen LogP contribution in [0.5, 0.6) is 5.75 Å². The molecule has 0 bridgehead atoms. The molecule has 0 fully saturated rings. The third-order valence-electron chi connectivity index (χ3n) is 1.96. The van der Waals surface area contributed by atoms with Crippen molar-refractivity contribution in [2.24, 2.45) is 0 Å². The monoisotopic (exact) mass is 204 g/mol. The van der Waals surface area contributed by atoms with Crippen LogP contribution >= 0.6 is 0 Å². The molecule has 0 aliphatic heterocycles. The highest BCUT2D eigenvalue weighted by Gasteiger charge is 2.02. The molecule has 2 nitrogen and oxygen atoms in total. The number of hydrogen-bond acceptors (Lipinski definition) is 2.